The predicted molar refractivity (Wildman–Crippen MR) is 109 cm³/mol. The van der Waals surface area contributed by atoms with Crippen LogP contribution >= 0.6 is 23.6 Å². The third-order valence-electron chi connectivity index (χ3n) is 4.31. The number of isothiocyanates is 1. The highest BCUT2D eigenvalue weighted by Crippen LogP contribution is 2.45. The zero-order chi connectivity index (χ0) is 18.8. The third-order valence-corrected chi connectivity index (χ3v) is 5.70. The van der Waals surface area contributed by atoms with Gasteiger partial charge in [-0.05, 0) is 85.1 Å². The fourth-order valence-corrected chi connectivity index (χ4v) is 4.01. The monoisotopic (exact) mass is 393 g/mol. The van der Waals surface area contributed by atoms with Crippen molar-refractivity contribution in [3.05, 3.63) is 76.2 Å². The Morgan fingerprint density at radius 3 is 2.30 bits per heavy atom. The lowest BCUT2D eigenvalue weighted by atomic mass is 10.1. The summed E-state index contributed by atoms with van der Waals surface area (Å²) in [4.78, 5) is 6.01. The van der Waals surface area contributed by atoms with E-state index in [1.54, 1.807) is 35.6 Å². The van der Waals surface area contributed by atoms with Crippen LogP contribution in [-0.2, 0) is 0 Å². The van der Waals surface area contributed by atoms with E-state index in [1.165, 1.54) is 29.9 Å². The van der Waals surface area contributed by atoms with E-state index >= 15 is 0 Å². The molecule has 0 N–H and O–H groups in total. The van der Waals surface area contributed by atoms with Crippen LogP contribution in [0.2, 0.25) is 0 Å². The predicted octanol–water partition coefficient (Wildman–Crippen LogP) is 6.70. The summed E-state index contributed by atoms with van der Waals surface area (Å²) < 4.78 is 28.9. The second-order valence-corrected chi connectivity index (χ2v) is 7.59. The van der Waals surface area contributed by atoms with E-state index in [1.807, 2.05) is 6.07 Å². The zero-order valence-electron chi connectivity index (χ0n) is 14.1. The van der Waals surface area contributed by atoms with Gasteiger partial charge in [-0.25, -0.2) is 8.78 Å². The first-order chi connectivity index (χ1) is 13.1. The average Bonchev–Trinajstić information content (AvgIpc) is 3.39. The number of halogens is 2. The molecule has 1 heterocycles. The molecule has 0 unspecified atom stereocenters. The minimum atomic E-state index is -0.652. The molecular formula is C22H13F2NS2. The maximum Gasteiger partial charge on any atom is 0.142 e. The van der Waals surface area contributed by atoms with Crippen LogP contribution in [0.4, 0.5) is 14.5 Å². The Morgan fingerprint density at radius 1 is 0.963 bits per heavy atom. The highest BCUT2D eigenvalue weighted by Gasteiger charge is 2.25. The summed E-state index contributed by atoms with van der Waals surface area (Å²) in [6, 6.07) is 13.6. The van der Waals surface area contributed by atoms with Gasteiger partial charge >= 0.3 is 0 Å². The van der Waals surface area contributed by atoms with Gasteiger partial charge in [-0.1, -0.05) is 11.8 Å². The van der Waals surface area contributed by atoms with Crippen molar-refractivity contribution in [3.63, 3.8) is 0 Å². The summed E-state index contributed by atoms with van der Waals surface area (Å²) in [5, 5.41) is 2.28. The van der Waals surface area contributed by atoms with E-state index in [0.29, 0.717) is 22.7 Å². The van der Waals surface area contributed by atoms with Gasteiger partial charge in [-0.15, -0.1) is 11.3 Å². The Kier molecular flexibility index (Phi) is 4.96. The van der Waals surface area contributed by atoms with Crippen LogP contribution in [0, 0.1) is 23.5 Å². The number of hydrogen-bond acceptors (Lipinski definition) is 3. The minimum Gasteiger partial charge on any atom is -0.205 e. The largest absolute Gasteiger partial charge is 0.205 e. The molecule has 27 heavy (non-hydrogen) atoms. The van der Waals surface area contributed by atoms with Crippen molar-refractivity contribution in [2.75, 3.05) is 0 Å². The molecule has 1 aromatic heterocycles. The number of thiocarbonyl (C=S) groups is 1. The first-order valence-electron chi connectivity index (χ1n) is 8.43. The molecule has 5 heteroatoms. The first kappa shape index (κ1) is 17.8. The van der Waals surface area contributed by atoms with Gasteiger partial charge < -0.3 is 0 Å². The minimum absolute atomic E-state index is 0.223. The topological polar surface area (TPSA) is 12.4 Å². The molecule has 0 atom stereocenters. The average molecular weight is 393 g/mol. The lowest BCUT2D eigenvalue weighted by molar-refractivity contribution is 0.578. The maximum atomic E-state index is 14.5. The Hall–Kier alpha value is -2.64. The van der Waals surface area contributed by atoms with E-state index in [2.05, 4.69) is 40.3 Å². The van der Waals surface area contributed by atoms with E-state index in [4.69, 9.17) is 0 Å². The van der Waals surface area contributed by atoms with Crippen LogP contribution in [0.15, 0.2) is 53.5 Å². The van der Waals surface area contributed by atoms with Gasteiger partial charge in [-0.3, -0.25) is 0 Å². The number of nitrogens with zero attached hydrogens (tertiary/aromatic N) is 1. The highest BCUT2D eigenvalue weighted by atomic mass is 32.1. The van der Waals surface area contributed by atoms with Crippen LogP contribution in [0.5, 0.6) is 0 Å². The van der Waals surface area contributed by atoms with Gasteiger partial charge in [0.1, 0.15) is 11.6 Å². The molecule has 0 radical (unpaired) electrons. The molecule has 1 fully saturated rings. The van der Waals surface area contributed by atoms with Gasteiger partial charge in [0.25, 0.3) is 0 Å². The standard InChI is InChI=1S/C22H13F2NS2/c23-19-11-16(22-10-9-21(27-22)15-4-5-15)12-20(24)18(19)8-3-14-1-6-17(7-2-14)25-13-26/h1-2,6-7,9-12,15H,4-5H2. The second kappa shape index (κ2) is 7.54. The fraction of sp³-hybridized carbons (Fsp3) is 0.136. The quantitative estimate of drug-likeness (QED) is 0.274. The third kappa shape index (κ3) is 4.04. The van der Waals surface area contributed by atoms with Crippen molar-refractivity contribution in [3.8, 4) is 22.3 Å². The molecule has 1 saturated carbocycles. The normalized spacial score (nSPS) is 12.8. The zero-order valence-corrected chi connectivity index (χ0v) is 15.8. The van der Waals surface area contributed by atoms with Crippen LogP contribution in [0.25, 0.3) is 10.4 Å². The summed E-state index contributed by atoms with van der Waals surface area (Å²) in [5.74, 6) is 4.71. The van der Waals surface area contributed by atoms with Crippen molar-refractivity contribution < 1.29 is 8.78 Å². The first-order valence-corrected chi connectivity index (χ1v) is 9.65. The molecule has 4 rings (SSSR count). The van der Waals surface area contributed by atoms with Crippen molar-refractivity contribution in [2.45, 2.75) is 18.8 Å². The van der Waals surface area contributed by atoms with Gasteiger partial charge in [0.2, 0.25) is 0 Å². The molecule has 132 valence electrons. The maximum absolute atomic E-state index is 14.5. The van der Waals surface area contributed by atoms with E-state index < -0.39 is 11.6 Å². The molecule has 0 amide bonds. The molecule has 2 aromatic carbocycles. The van der Waals surface area contributed by atoms with Crippen molar-refractivity contribution >= 4 is 34.4 Å². The number of rotatable bonds is 3. The Bertz CT molecular complexity index is 1090. The summed E-state index contributed by atoms with van der Waals surface area (Å²) in [6.07, 6.45) is 2.41. The van der Waals surface area contributed by atoms with Crippen LogP contribution in [0.1, 0.15) is 34.8 Å². The molecule has 0 saturated heterocycles. The van der Waals surface area contributed by atoms with E-state index in [9.17, 15) is 8.78 Å². The van der Waals surface area contributed by atoms with E-state index in [0.717, 1.165) is 4.88 Å². The lowest BCUT2D eigenvalue weighted by Crippen LogP contribution is -1.91. The van der Waals surface area contributed by atoms with Gasteiger partial charge in [-0.2, -0.15) is 4.99 Å². The van der Waals surface area contributed by atoms with Gasteiger partial charge in [0, 0.05) is 15.3 Å². The highest BCUT2D eigenvalue weighted by molar-refractivity contribution is 7.78. The Balaban J connectivity index is 1.61. The molecule has 0 bridgehead atoms. The van der Waals surface area contributed by atoms with E-state index in [-0.39, 0.29) is 5.56 Å². The Labute approximate surface area is 165 Å². The van der Waals surface area contributed by atoms with Gasteiger partial charge in [0.05, 0.1) is 16.4 Å². The number of hydrogen-bond donors (Lipinski definition) is 0. The number of benzene rings is 2. The summed E-state index contributed by atoms with van der Waals surface area (Å²) in [5.41, 5.74) is 1.61. The lowest BCUT2D eigenvalue weighted by Gasteiger charge is -2.02. The van der Waals surface area contributed by atoms with Crippen molar-refractivity contribution in [1.82, 2.24) is 0 Å². The molecule has 0 aliphatic heterocycles. The molecule has 1 aliphatic rings. The molecule has 3 aromatic rings. The number of aliphatic imine (C=N–C) groups is 1. The van der Waals surface area contributed by atoms with Crippen molar-refractivity contribution in [1.29, 1.82) is 0 Å². The summed E-state index contributed by atoms with van der Waals surface area (Å²) in [6.45, 7) is 0. The Morgan fingerprint density at radius 2 is 1.67 bits per heavy atom. The summed E-state index contributed by atoms with van der Waals surface area (Å²) >= 11 is 6.15. The molecular weight excluding hydrogens is 380 g/mol. The summed E-state index contributed by atoms with van der Waals surface area (Å²) in [7, 11) is 0. The smallest absolute Gasteiger partial charge is 0.142 e. The molecule has 1 aliphatic carbocycles. The fourth-order valence-electron chi connectivity index (χ4n) is 2.74. The second-order valence-electron chi connectivity index (χ2n) is 6.29. The SMILES string of the molecule is Fc1cc(-c2ccc(C3CC3)s2)cc(F)c1C#Cc1ccc(N=C=S)cc1. The number of thiophene rings is 1. The molecule has 0 spiro atoms. The van der Waals surface area contributed by atoms with Gasteiger partial charge in [0.15, 0.2) is 0 Å². The van der Waals surface area contributed by atoms with Crippen LogP contribution < -0.4 is 0 Å². The van der Waals surface area contributed by atoms with Crippen molar-refractivity contribution in [2.24, 2.45) is 4.99 Å². The molecule has 1 nitrogen and oxygen atoms in total. The van der Waals surface area contributed by atoms with Crippen LogP contribution in [0.3, 0.4) is 0 Å². The van der Waals surface area contributed by atoms with Crippen LogP contribution in [-0.4, -0.2) is 5.16 Å².